The number of nitrogens with zero attached hydrogens (tertiary/aromatic N) is 1. The molecule has 0 bridgehead atoms. The Morgan fingerprint density at radius 3 is 2.30 bits per heavy atom. The Kier molecular flexibility index (Phi) is 6.42. The van der Waals surface area contributed by atoms with Gasteiger partial charge in [-0.1, -0.05) is 13.8 Å². The molecule has 1 aliphatic rings. The number of rotatable bonds is 7. The molecule has 0 aromatic rings. The molecule has 20 heavy (non-hydrogen) atoms. The van der Waals surface area contributed by atoms with E-state index in [1.165, 1.54) is 0 Å². The summed E-state index contributed by atoms with van der Waals surface area (Å²) < 4.78 is 33.2. The Balaban J connectivity index is 2.53. The zero-order valence-electron chi connectivity index (χ0n) is 12.4. The van der Waals surface area contributed by atoms with Gasteiger partial charge < -0.3 is 14.4 Å². The summed E-state index contributed by atoms with van der Waals surface area (Å²) in [5, 5.41) is 2.87. The number of likely N-dealkylation sites (tertiary alicyclic amines) is 1. The second-order valence-corrected chi connectivity index (χ2v) is 7.53. The van der Waals surface area contributed by atoms with Gasteiger partial charge in [0.15, 0.2) is 0 Å². The highest BCUT2D eigenvalue weighted by Crippen LogP contribution is 2.18. The number of carbonyl (C=O) groups is 1. The summed E-state index contributed by atoms with van der Waals surface area (Å²) in [6.07, 6.45) is 3.26. The maximum absolute atomic E-state index is 11.5. The quantitative estimate of drug-likeness (QED) is 0.541. The third kappa shape index (κ3) is 6.19. The van der Waals surface area contributed by atoms with Gasteiger partial charge in [-0.2, -0.15) is 0 Å². The van der Waals surface area contributed by atoms with Crippen LogP contribution in [0.4, 0.5) is 0 Å². The van der Waals surface area contributed by atoms with Gasteiger partial charge in [-0.25, -0.2) is 8.42 Å². The van der Waals surface area contributed by atoms with Crippen LogP contribution in [0.5, 0.6) is 0 Å². The van der Waals surface area contributed by atoms with Gasteiger partial charge in [0.2, 0.25) is 5.91 Å². The average molecular weight is 306 g/mol. The van der Waals surface area contributed by atoms with E-state index < -0.39 is 10.1 Å². The molecule has 0 saturated carbocycles. The molecule has 0 aliphatic carbocycles. The van der Waals surface area contributed by atoms with E-state index >= 15 is 0 Å². The molecule has 118 valence electrons. The first kappa shape index (κ1) is 17.4. The van der Waals surface area contributed by atoms with E-state index in [-0.39, 0.29) is 17.6 Å². The molecule has 0 aromatic heterocycles. The molecule has 1 aliphatic heterocycles. The van der Waals surface area contributed by atoms with Crippen molar-refractivity contribution in [3.63, 3.8) is 0 Å². The summed E-state index contributed by atoms with van der Waals surface area (Å²) in [5.41, 5.74) is 0. The van der Waals surface area contributed by atoms with Crippen LogP contribution in [0.1, 0.15) is 33.1 Å². The highest BCUT2D eigenvalue weighted by molar-refractivity contribution is 7.85. The summed E-state index contributed by atoms with van der Waals surface area (Å²) in [7, 11) is -4.17. The van der Waals surface area contributed by atoms with Gasteiger partial charge in [0, 0.05) is 5.92 Å². The second-order valence-electron chi connectivity index (χ2n) is 6.00. The molecule has 0 spiro atoms. The van der Waals surface area contributed by atoms with Gasteiger partial charge >= 0.3 is 0 Å². The van der Waals surface area contributed by atoms with E-state index in [1.807, 2.05) is 13.8 Å². The predicted octanol–water partition coefficient (Wildman–Crippen LogP) is 0.305. The van der Waals surface area contributed by atoms with Crippen LogP contribution in [0.25, 0.3) is 0 Å². The van der Waals surface area contributed by atoms with E-state index in [0.29, 0.717) is 24.1 Å². The minimum absolute atomic E-state index is 0.0107. The lowest BCUT2D eigenvalue weighted by Crippen LogP contribution is -2.56. The maximum atomic E-state index is 11.5. The van der Waals surface area contributed by atoms with Crippen molar-refractivity contribution in [2.75, 3.05) is 38.5 Å². The summed E-state index contributed by atoms with van der Waals surface area (Å²) in [6, 6.07) is 0. The van der Waals surface area contributed by atoms with Crippen molar-refractivity contribution < 1.29 is 22.2 Å². The Hall–Kier alpha value is -0.660. The zero-order valence-corrected chi connectivity index (χ0v) is 13.2. The lowest BCUT2D eigenvalue weighted by Gasteiger charge is -2.42. The first-order valence-corrected chi connectivity index (χ1v) is 8.88. The summed E-state index contributed by atoms with van der Waals surface area (Å²) in [6.45, 7) is 7.07. The monoisotopic (exact) mass is 306 g/mol. The molecule has 6 nitrogen and oxygen atoms in total. The molecule has 7 heteroatoms. The number of quaternary nitrogens is 1. The van der Waals surface area contributed by atoms with Gasteiger partial charge in [0.1, 0.15) is 10.1 Å². The predicted molar refractivity (Wildman–Crippen MR) is 76.0 cm³/mol. The lowest BCUT2D eigenvalue weighted by atomic mass is 10.1. The van der Waals surface area contributed by atoms with Gasteiger partial charge in [0.25, 0.3) is 0 Å². The number of hydrogen-bond acceptors (Lipinski definition) is 4. The van der Waals surface area contributed by atoms with Crippen LogP contribution < -0.4 is 5.32 Å². The molecule has 1 N–H and O–H groups in total. The van der Waals surface area contributed by atoms with E-state index in [2.05, 4.69) is 5.32 Å². The molecule has 1 saturated heterocycles. The van der Waals surface area contributed by atoms with E-state index in [1.54, 1.807) is 0 Å². The van der Waals surface area contributed by atoms with Crippen molar-refractivity contribution in [2.45, 2.75) is 33.1 Å². The number of amides is 1. The molecule has 1 rings (SSSR count). The lowest BCUT2D eigenvalue weighted by molar-refractivity contribution is -0.929. The molecular weight excluding hydrogens is 280 g/mol. The topological polar surface area (TPSA) is 86.3 Å². The third-order valence-electron chi connectivity index (χ3n) is 3.99. The Morgan fingerprint density at radius 1 is 1.20 bits per heavy atom. The average Bonchev–Trinajstić information content (AvgIpc) is 2.37. The summed E-state index contributed by atoms with van der Waals surface area (Å²) >= 11 is 0. The minimum Gasteiger partial charge on any atom is -0.748 e. The van der Waals surface area contributed by atoms with Crippen LogP contribution in [0.2, 0.25) is 0 Å². The molecule has 1 amide bonds. The second kappa shape index (κ2) is 7.38. The van der Waals surface area contributed by atoms with Crippen molar-refractivity contribution in [2.24, 2.45) is 5.92 Å². The van der Waals surface area contributed by atoms with E-state index in [0.717, 1.165) is 32.4 Å². The first-order chi connectivity index (χ1) is 9.24. The van der Waals surface area contributed by atoms with Crippen LogP contribution in [0.3, 0.4) is 0 Å². The number of hydrogen-bond donors (Lipinski definition) is 1. The van der Waals surface area contributed by atoms with Gasteiger partial charge in [-0.05, 0) is 19.3 Å². The standard InChI is InChI=1S/C13H26N2O4S/c1-12(2)13(16)14-6-9-15(7-4-3-5-8-15)10-11-20(17,18)19/h12H,3-11H2,1-2H3,(H-,14,16,17,18,19). The van der Waals surface area contributed by atoms with Crippen molar-refractivity contribution in [3.8, 4) is 0 Å². The molecule has 1 heterocycles. The molecule has 0 radical (unpaired) electrons. The summed E-state index contributed by atoms with van der Waals surface area (Å²) in [5.74, 6) is -0.353. The molecular formula is C13H26N2O4S. The largest absolute Gasteiger partial charge is 0.748 e. The molecule has 0 unspecified atom stereocenters. The maximum Gasteiger partial charge on any atom is 0.222 e. The van der Waals surface area contributed by atoms with E-state index in [4.69, 9.17) is 0 Å². The van der Waals surface area contributed by atoms with Gasteiger partial charge in [-0.15, -0.1) is 0 Å². The van der Waals surface area contributed by atoms with Gasteiger partial charge in [-0.3, -0.25) is 4.79 Å². The normalized spacial score (nSPS) is 19.0. The highest BCUT2D eigenvalue weighted by atomic mass is 32.2. The van der Waals surface area contributed by atoms with Crippen molar-refractivity contribution >= 4 is 16.0 Å². The van der Waals surface area contributed by atoms with Crippen LogP contribution in [0.15, 0.2) is 0 Å². The minimum atomic E-state index is -4.17. The van der Waals surface area contributed by atoms with Crippen molar-refractivity contribution in [3.05, 3.63) is 0 Å². The Morgan fingerprint density at radius 2 is 1.80 bits per heavy atom. The van der Waals surface area contributed by atoms with Crippen LogP contribution in [0, 0.1) is 5.92 Å². The fourth-order valence-electron chi connectivity index (χ4n) is 2.67. The van der Waals surface area contributed by atoms with E-state index in [9.17, 15) is 17.8 Å². The summed E-state index contributed by atoms with van der Waals surface area (Å²) in [4.78, 5) is 11.5. The molecule has 0 atom stereocenters. The van der Waals surface area contributed by atoms with Gasteiger partial charge in [0.05, 0.1) is 38.5 Å². The van der Waals surface area contributed by atoms with Crippen molar-refractivity contribution in [1.82, 2.24) is 5.32 Å². The fraction of sp³-hybridized carbons (Fsp3) is 0.923. The zero-order chi connectivity index (χ0) is 15.2. The SMILES string of the molecule is CC(C)C(=O)NCC[N+]1(CCS(=O)(=O)[O-])CCCCC1. The number of piperidine rings is 1. The van der Waals surface area contributed by atoms with Crippen LogP contribution >= 0.6 is 0 Å². The Bertz CT molecular complexity index is 414. The molecule has 0 aromatic carbocycles. The number of nitrogens with one attached hydrogen (secondary N) is 1. The highest BCUT2D eigenvalue weighted by Gasteiger charge is 2.30. The smallest absolute Gasteiger partial charge is 0.222 e. The third-order valence-corrected chi connectivity index (χ3v) is 4.67. The molecule has 1 fully saturated rings. The van der Waals surface area contributed by atoms with Crippen molar-refractivity contribution in [1.29, 1.82) is 0 Å². The number of carbonyl (C=O) groups excluding carboxylic acids is 1. The fourth-order valence-corrected chi connectivity index (χ4v) is 3.28. The Labute approximate surface area is 121 Å². The first-order valence-electron chi connectivity index (χ1n) is 7.30. The van der Waals surface area contributed by atoms with Crippen LogP contribution in [-0.4, -0.2) is 61.8 Å². The van der Waals surface area contributed by atoms with Crippen LogP contribution in [-0.2, 0) is 14.9 Å².